The van der Waals surface area contributed by atoms with Crippen LogP contribution in [-0.2, 0) is 0 Å². The maximum Gasteiger partial charge on any atom is 0.193 e. The van der Waals surface area contributed by atoms with Crippen LogP contribution in [0.2, 0.25) is 5.02 Å². The van der Waals surface area contributed by atoms with Gasteiger partial charge in [0, 0.05) is 16.1 Å². The monoisotopic (exact) mass is 258 g/mol. The molecule has 0 bridgehead atoms. The van der Waals surface area contributed by atoms with Gasteiger partial charge in [-0.05, 0) is 49.6 Å². The van der Waals surface area contributed by atoms with Crippen molar-refractivity contribution in [3.05, 3.63) is 69.2 Å². The van der Waals surface area contributed by atoms with Crippen molar-refractivity contribution < 1.29 is 4.79 Å². The summed E-state index contributed by atoms with van der Waals surface area (Å²) < 4.78 is 0. The van der Waals surface area contributed by atoms with Crippen LogP contribution in [0.25, 0.3) is 0 Å². The van der Waals surface area contributed by atoms with Crippen molar-refractivity contribution in [2.24, 2.45) is 0 Å². The lowest BCUT2D eigenvalue weighted by atomic mass is 9.95. The summed E-state index contributed by atoms with van der Waals surface area (Å²) >= 11 is 6.06. The molecule has 0 unspecified atom stereocenters. The minimum Gasteiger partial charge on any atom is -0.289 e. The van der Waals surface area contributed by atoms with Crippen LogP contribution in [0.3, 0.4) is 0 Å². The van der Waals surface area contributed by atoms with E-state index in [0.717, 1.165) is 27.8 Å². The lowest BCUT2D eigenvalue weighted by molar-refractivity contribution is 0.103. The van der Waals surface area contributed by atoms with Gasteiger partial charge < -0.3 is 0 Å². The fourth-order valence-electron chi connectivity index (χ4n) is 2.00. The lowest BCUT2D eigenvalue weighted by Gasteiger charge is -2.09. The smallest absolute Gasteiger partial charge is 0.193 e. The van der Waals surface area contributed by atoms with Crippen LogP contribution in [0.5, 0.6) is 0 Å². The Labute approximate surface area is 112 Å². The Bertz CT molecular complexity index is 614. The first-order valence-corrected chi connectivity index (χ1v) is 6.25. The van der Waals surface area contributed by atoms with Crippen molar-refractivity contribution >= 4 is 17.4 Å². The summed E-state index contributed by atoms with van der Waals surface area (Å²) in [5, 5.41) is 0.703. The van der Waals surface area contributed by atoms with Gasteiger partial charge >= 0.3 is 0 Å². The van der Waals surface area contributed by atoms with E-state index in [1.54, 1.807) is 0 Å². The summed E-state index contributed by atoms with van der Waals surface area (Å²) in [6.45, 7) is 5.78. The van der Waals surface area contributed by atoms with Crippen LogP contribution in [0.1, 0.15) is 32.6 Å². The number of halogens is 1. The van der Waals surface area contributed by atoms with Crippen LogP contribution in [0.15, 0.2) is 36.4 Å². The van der Waals surface area contributed by atoms with Gasteiger partial charge in [-0.15, -0.1) is 0 Å². The van der Waals surface area contributed by atoms with E-state index in [1.807, 2.05) is 57.2 Å². The van der Waals surface area contributed by atoms with Crippen molar-refractivity contribution in [1.29, 1.82) is 0 Å². The second kappa shape index (κ2) is 4.95. The predicted octanol–water partition coefficient (Wildman–Crippen LogP) is 4.50. The molecule has 2 aromatic rings. The van der Waals surface area contributed by atoms with Gasteiger partial charge in [-0.2, -0.15) is 0 Å². The van der Waals surface area contributed by atoms with Gasteiger partial charge in [-0.3, -0.25) is 4.79 Å². The molecule has 1 nitrogen and oxygen atoms in total. The Morgan fingerprint density at radius 3 is 2.22 bits per heavy atom. The number of carbonyl (C=O) groups excluding carboxylic acids is 1. The van der Waals surface area contributed by atoms with Crippen molar-refractivity contribution in [3.63, 3.8) is 0 Å². The Hall–Kier alpha value is -1.60. The molecule has 92 valence electrons. The molecule has 0 saturated heterocycles. The standard InChI is InChI=1S/C16H15ClO/c1-10-6-4-5-7-13(10)16(18)14-8-12(3)15(17)9-11(14)2/h4-9H,1-3H3. The minimum absolute atomic E-state index is 0.0605. The van der Waals surface area contributed by atoms with E-state index in [2.05, 4.69) is 0 Å². The first kappa shape index (κ1) is 12.8. The predicted molar refractivity (Wildman–Crippen MR) is 75.5 cm³/mol. The number of benzene rings is 2. The molecular weight excluding hydrogens is 244 g/mol. The zero-order valence-electron chi connectivity index (χ0n) is 10.8. The number of aryl methyl sites for hydroxylation is 3. The zero-order chi connectivity index (χ0) is 13.3. The number of hydrogen-bond acceptors (Lipinski definition) is 1. The quantitative estimate of drug-likeness (QED) is 0.725. The molecule has 0 saturated carbocycles. The molecule has 0 radical (unpaired) electrons. The molecule has 0 spiro atoms. The van der Waals surface area contributed by atoms with Crippen LogP contribution >= 0.6 is 11.6 Å². The van der Waals surface area contributed by atoms with E-state index in [-0.39, 0.29) is 5.78 Å². The third-order valence-electron chi connectivity index (χ3n) is 3.14. The normalized spacial score (nSPS) is 10.4. The summed E-state index contributed by atoms with van der Waals surface area (Å²) in [6, 6.07) is 11.4. The summed E-state index contributed by atoms with van der Waals surface area (Å²) in [6.07, 6.45) is 0. The third kappa shape index (κ3) is 2.32. The van der Waals surface area contributed by atoms with Crippen molar-refractivity contribution in [3.8, 4) is 0 Å². The molecule has 0 N–H and O–H groups in total. The second-order valence-corrected chi connectivity index (χ2v) is 4.97. The summed E-state index contributed by atoms with van der Waals surface area (Å²) in [7, 11) is 0. The number of ketones is 1. The van der Waals surface area contributed by atoms with E-state index >= 15 is 0 Å². The second-order valence-electron chi connectivity index (χ2n) is 4.56. The highest BCUT2D eigenvalue weighted by Gasteiger charge is 2.14. The zero-order valence-corrected chi connectivity index (χ0v) is 11.5. The van der Waals surface area contributed by atoms with E-state index in [4.69, 9.17) is 11.6 Å². The van der Waals surface area contributed by atoms with E-state index in [9.17, 15) is 4.79 Å². The maximum atomic E-state index is 12.5. The molecule has 0 fully saturated rings. The van der Waals surface area contributed by atoms with E-state index in [1.165, 1.54) is 0 Å². The van der Waals surface area contributed by atoms with Crippen molar-refractivity contribution in [2.75, 3.05) is 0 Å². The van der Waals surface area contributed by atoms with Crippen LogP contribution in [0, 0.1) is 20.8 Å². The molecule has 0 heterocycles. The first-order chi connectivity index (χ1) is 8.50. The van der Waals surface area contributed by atoms with Crippen LogP contribution in [0.4, 0.5) is 0 Å². The first-order valence-electron chi connectivity index (χ1n) is 5.88. The Morgan fingerprint density at radius 1 is 0.889 bits per heavy atom. The van der Waals surface area contributed by atoms with Gasteiger partial charge in [0.25, 0.3) is 0 Å². The number of hydrogen-bond donors (Lipinski definition) is 0. The molecule has 0 aliphatic heterocycles. The van der Waals surface area contributed by atoms with Gasteiger partial charge in [0.05, 0.1) is 0 Å². The summed E-state index contributed by atoms with van der Waals surface area (Å²) in [5.74, 6) is 0.0605. The van der Waals surface area contributed by atoms with Crippen LogP contribution < -0.4 is 0 Å². The maximum absolute atomic E-state index is 12.5. The van der Waals surface area contributed by atoms with Gasteiger partial charge in [-0.1, -0.05) is 35.9 Å². The Morgan fingerprint density at radius 2 is 1.56 bits per heavy atom. The fraction of sp³-hybridized carbons (Fsp3) is 0.188. The molecule has 18 heavy (non-hydrogen) atoms. The highest BCUT2D eigenvalue weighted by atomic mass is 35.5. The SMILES string of the molecule is Cc1cc(C(=O)c2ccccc2C)c(C)cc1Cl. The Balaban J connectivity index is 2.53. The third-order valence-corrected chi connectivity index (χ3v) is 3.55. The van der Waals surface area contributed by atoms with Gasteiger partial charge in [-0.25, -0.2) is 0 Å². The largest absolute Gasteiger partial charge is 0.289 e. The van der Waals surface area contributed by atoms with Gasteiger partial charge in [0.2, 0.25) is 0 Å². The molecule has 2 heteroatoms. The van der Waals surface area contributed by atoms with E-state index in [0.29, 0.717) is 5.02 Å². The average Bonchev–Trinajstić information content (AvgIpc) is 2.33. The number of rotatable bonds is 2. The summed E-state index contributed by atoms with van der Waals surface area (Å²) in [5.41, 5.74) is 4.32. The topological polar surface area (TPSA) is 17.1 Å². The van der Waals surface area contributed by atoms with Crippen LogP contribution in [-0.4, -0.2) is 5.78 Å². The molecule has 0 aliphatic carbocycles. The Kier molecular flexibility index (Phi) is 3.53. The van der Waals surface area contributed by atoms with Crippen molar-refractivity contribution in [2.45, 2.75) is 20.8 Å². The van der Waals surface area contributed by atoms with Gasteiger partial charge in [0.1, 0.15) is 0 Å². The molecule has 2 rings (SSSR count). The molecule has 0 aromatic heterocycles. The molecule has 0 aliphatic rings. The molecular formula is C16H15ClO. The average molecular weight is 259 g/mol. The fourth-order valence-corrected chi connectivity index (χ4v) is 2.22. The van der Waals surface area contributed by atoms with Crippen molar-refractivity contribution in [1.82, 2.24) is 0 Å². The van der Waals surface area contributed by atoms with Gasteiger partial charge in [0.15, 0.2) is 5.78 Å². The number of carbonyl (C=O) groups is 1. The molecule has 0 amide bonds. The highest BCUT2D eigenvalue weighted by Crippen LogP contribution is 2.23. The molecule has 0 atom stereocenters. The molecule has 2 aromatic carbocycles. The lowest BCUT2D eigenvalue weighted by Crippen LogP contribution is -2.06. The minimum atomic E-state index is 0.0605. The highest BCUT2D eigenvalue weighted by molar-refractivity contribution is 6.31. The summed E-state index contributed by atoms with van der Waals surface area (Å²) in [4.78, 5) is 12.5. The van der Waals surface area contributed by atoms with E-state index < -0.39 is 0 Å².